The van der Waals surface area contributed by atoms with Crippen LogP contribution in [0.15, 0.2) is 6.20 Å². The molecule has 0 spiro atoms. The maximum absolute atomic E-state index is 12.2. The molecule has 8 heteroatoms. The van der Waals surface area contributed by atoms with E-state index in [0.29, 0.717) is 22.1 Å². The largest absolute Gasteiger partial charge is 0.395 e. The highest BCUT2D eigenvalue weighted by Gasteiger charge is 2.19. The Balaban J connectivity index is 2.07. The summed E-state index contributed by atoms with van der Waals surface area (Å²) in [6.45, 7) is 3.96. The molecule has 110 valence electrons. The van der Waals surface area contributed by atoms with Crippen LogP contribution in [0.1, 0.15) is 46.4 Å². The van der Waals surface area contributed by atoms with E-state index >= 15 is 0 Å². The Bertz CT molecular complexity index is 682. The van der Waals surface area contributed by atoms with Gasteiger partial charge in [-0.3, -0.25) is 10.1 Å². The van der Waals surface area contributed by atoms with Gasteiger partial charge in [-0.05, 0) is 17.5 Å². The fraction of sp³-hybridized carbons (Fsp3) is 0.385. The van der Waals surface area contributed by atoms with Gasteiger partial charge in [0.05, 0.1) is 23.4 Å². The first kappa shape index (κ1) is 15.6. The van der Waals surface area contributed by atoms with Crippen molar-refractivity contribution in [2.75, 3.05) is 11.9 Å². The molecule has 0 aliphatic heterocycles. The minimum Gasteiger partial charge on any atom is -0.395 e. The van der Waals surface area contributed by atoms with E-state index in [0.717, 1.165) is 16.4 Å². The summed E-state index contributed by atoms with van der Waals surface area (Å²) in [5.41, 5.74) is 0.692. The predicted molar refractivity (Wildman–Crippen MR) is 82.6 cm³/mol. The molecule has 0 fully saturated rings. The molecule has 21 heavy (non-hydrogen) atoms. The minimum atomic E-state index is -0.252. The summed E-state index contributed by atoms with van der Waals surface area (Å²) in [6, 6.07) is 0. The smallest absolute Gasteiger partial charge is 0.271 e. The molecule has 0 aromatic carbocycles. The summed E-state index contributed by atoms with van der Waals surface area (Å²) < 4.78 is 3.83. The van der Waals surface area contributed by atoms with Crippen LogP contribution in [0.5, 0.6) is 0 Å². The molecule has 2 rings (SSSR count). The third-order valence-corrected chi connectivity index (χ3v) is 4.01. The molecule has 1 amide bonds. The molecular formula is C13H14N4O2S2. The molecule has 0 aliphatic rings. The second-order valence-electron chi connectivity index (χ2n) is 4.40. The Morgan fingerprint density at radius 3 is 3.05 bits per heavy atom. The van der Waals surface area contributed by atoms with E-state index in [9.17, 15) is 4.79 Å². The second kappa shape index (κ2) is 7.26. The number of hydrogen-bond donors (Lipinski definition) is 2. The van der Waals surface area contributed by atoms with Gasteiger partial charge in [-0.15, -0.1) is 5.10 Å². The average molecular weight is 322 g/mol. The van der Waals surface area contributed by atoms with Gasteiger partial charge in [0, 0.05) is 6.42 Å². The van der Waals surface area contributed by atoms with Crippen LogP contribution in [0.3, 0.4) is 0 Å². The number of rotatable bonds is 4. The number of carbonyl (C=O) groups excluding carboxylic acids is 1. The van der Waals surface area contributed by atoms with Crippen molar-refractivity contribution in [3.05, 3.63) is 21.6 Å². The van der Waals surface area contributed by atoms with E-state index in [1.807, 2.05) is 13.8 Å². The van der Waals surface area contributed by atoms with Crippen molar-refractivity contribution in [2.24, 2.45) is 0 Å². The summed E-state index contributed by atoms with van der Waals surface area (Å²) in [5.74, 6) is 5.57. The highest BCUT2D eigenvalue weighted by Crippen LogP contribution is 2.22. The number of thiazole rings is 1. The Kier molecular flexibility index (Phi) is 5.38. The van der Waals surface area contributed by atoms with Crippen LogP contribution < -0.4 is 5.32 Å². The zero-order valence-corrected chi connectivity index (χ0v) is 13.2. The van der Waals surface area contributed by atoms with Gasteiger partial charge in [-0.2, -0.15) is 0 Å². The summed E-state index contributed by atoms with van der Waals surface area (Å²) in [6.07, 6.45) is 2.02. The van der Waals surface area contributed by atoms with Crippen molar-refractivity contribution >= 4 is 33.9 Å². The summed E-state index contributed by atoms with van der Waals surface area (Å²) in [7, 11) is 0. The molecule has 2 N–H and O–H groups in total. The second-order valence-corrected chi connectivity index (χ2v) is 6.19. The van der Waals surface area contributed by atoms with Crippen LogP contribution in [0.2, 0.25) is 0 Å². The number of nitrogens with one attached hydrogen (secondary N) is 1. The summed E-state index contributed by atoms with van der Waals surface area (Å²) in [5, 5.41) is 15.9. The van der Waals surface area contributed by atoms with E-state index in [1.54, 1.807) is 6.20 Å². The lowest BCUT2D eigenvalue weighted by atomic mass is 10.1. The quantitative estimate of drug-likeness (QED) is 0.842. The number of carbonyl (C=O) groups is 1. The van der Waals surface area contributed by atoms with Crippen LogP contribution in [0.25, 0.3) is 0 Å². The third-order valence-electron chi connectivity index (χ3n) is 2.44. The summed E-state index contributed by atoms with van der Waals surface area (Å²) >= 11 is 2.37. The van der Waals surface area contributed by atoms with Crippen molar-refractivity contribution in [3.63, 3.8) is 0 Å². The fourth-order valence-corrected chi connectivity index (χ4v) is 2.88. The normalized spacial score (nSPS) is 10.3. The Hall–Kier alpha value is -1.82. The molecule has 0 atom stereocenters. The number of aliphatic hydroxyl groups excluding tert-OH is 1. The first-order valence-corrected chi connectivity index (χ1v) is 7.90. The lowest BCUT2D eigenvalue weighted by molar-refractivity contribution is 0.102. The first-order chi connectivity index (χ1) is 10.1. The first-order valence-electron chi connectivity index (χ1n) is 6.31. The van der Waals surface area contributed by atoms with Gasteiger partial charge >= 0.3 is 0 Å². The summed E-state index contributed by atoms with van der Waals surface area (Å²) in [4.78, 5) is 17.5. The van der Waals surface area contributed by atoms with Gasteiger partial charge in [-0.25, -0.2) is 4.98 Å². The molecule has 6 nitrogen and oxygen atoms in total. The van der Waals surface area contributed by atoms with Crippen molar-refractivity contribution in [1.82, 2.24) is 14.6 Å². The van der Waals surface area contributed by atoms with Gasteiger partial charge in [0.25, 0.3) is 5.91 Å². The molecule has 0 radical (unpaired) electrons. The zero-order valence-electron chi connectivity index (χ0n) is 11.6. The molecular weight excluding hydrogens is 308 g/mol. The molecule has 2 aromatic heterocycles. The van der Waals surface area contributed by atoms with E-state index in [1.165, 1.54) is 11.3 Å². The van der Waals surface area contributed by atoms with Crippen molar-refractivity contribution in [1.29, 1.82) is 0 Å². The highest BCUT2D eigenvalue weighted by atomic mass is 32.1. The van der Waals surface area contributed by atoms with Gasteiger partial charge in [0.1, 0.15) is 4.88 Å². The molecule has 2 heterocycles. The molecule has 0 unspecified atom stereocenters. The molecule has 2 aromatic rings. The molecule has 0 saturated heterocycles. The van der Waals surface area contributed by atoms with Gasteiger partial charge in [-0.1, -0.05) is 41.5 Å². The maximum Gasteiger partial charge on any atom is 0.271 e. The fourth-order valence-electron chi connectivity index (χ4n) is 1.48. The van der Waals surface area contributed by atoms with E-state index in [4.69, 9.17) is 5.11 Å². The predicted octanol–water partition coefficient (Wildman–Crippen LogP) is 2.10. The van der Waals surface area contributed by atoms with Gasteiger partial charge in [0.15, 0.2) is 5.13 Å². The van der Waals surface area contributed by atoms with Crippen LogP contribution in [0, 0.1) is 11.8 Å². The monoisotopic (exact) mass is 322 g/mol. The SMILES string of the molecule is CC(C)c1nnsc1C(=O)Nc1ncc(C#CCCO)s1. The molecule has 0 aliphatic carbocycles. The number of aliphatic hydroxyl groups is 1. The van der Waals surface area contributed by atoms with Gasteiger partial charge < -0.3 is 5.11 Å². The Labute approximate surface area is 130 Å². The number of aromatic nitrogens is 3. The minimum absolute atomic E-state index is 0.0335. The van der Waals surface area contributed by atoms with E-state index in [-0.39, 0.29) is 18.4 Å². The highest BCUT2D eigenvalue weighted by molar-refractivity contribution is 7.16. The standard InChI is InChI=1S/C13H14N4O2S2/c1-8(2)10-11(21-17-16-10)12(19)15-13-14-7-9(20-13)5-3-4-6-18/h7-8,18H,4,6H2,1-2H3,(H,14,15,19). The average Bonchev–Trinajstić information content (AvgIpc) is 3.07. The maximum atomic E-state index is 12.2. The third kappa shape index (κ3) is 4.07. The van der Waals surface area contributed by atoms with E-state index < -0.39 is 0 Å². The molecule has 0 bridgehead atoms. The number of nitrogens with zero attached hydrogens (tertiary/aromatic N) is 3. The van der Waals surface area contributed by atoms with Crippen molar-refractivity contribution < 1.29 is 9.90 Å². The lowest BCUT2D eigenvalue weighted by Crippen LogP contribution is -2.12. The van der Waals surface area contributed by atoms with Crippen LogP contribution >= 0.6 is 22.9 Å². The Morgan fingerprint density at radius 2 is 2.33 bits per heavy atom. The topological polar surface area (TPSA) is 88.0 Å². The van der Waals surface area contributed by atoms with Crippen molar-refractivity contribution in [2.45, 2.75) is 26.2 Å². The van der Waals surface area contributed by atoms with E-state index in [2.05, 4.69) is 31.7 Å². The van der Waals surface area contributed by atoms with Gasteiger partial charge in [0.2, 0.25) is 0 Å². The van der Waals surface area contributed by atoms with Crippen LogP contribution in [0.4, 0.5) is 5.13 Å². The lowest BCUT2D eigenvalue weighted by Gasteiger charge is -2.03. The van der Waals surface area contributed by atoms with Crippen LogP contribution in [-0.2, 0) is 0 Å². The van der Waals surface area contributed by atoms with Crippen molar-refractivity contribution in [3.8, 4) is 11.8 Å². The molecule has 0 saturated carbocycles. The number of hydrogen-bond acceptors (Lipinski definition) is 7. The Morgan fingerprint density at radius 1 is 1.52 bits per heavy atom. The van der Waals surface area contributed by atoms with Crippen LogP contribution in [-0.4, -0.2) is 32.2 Å². The number of anilines is 1. The zero-order chi connectivity index (χ0) is 15.2. The number of amides is 1.